The summed E-state index contributed by atoms with van der Waals surface area (Å²) in [6.07, 6.45) is -1.11. The Hall–Kier alpha value is -4.15. The summed E-state index contributed by atoms with van der Waals surface area (Å²) in [6.45, 7) is 3.21. The number of carbonyl (C=O) groups excluding carboxylic acids is 2. The third-order valence-corrected chi connectivity index (χ3v) is 5.66. The number of halogens is 3. The van der Waals surface area contributed by atoms with Gasteiger partial charge in [0.1, 0.15) is 13.2 Å². The van der Waals surface area contributed by atoms with Crippen LogP contribution in [0.3, 0.4) is 0 Å². The largest absolute Gasteiger partial charge is 0.464 e. The molecule has 1 heterocycles. The van der Waals surface area contributed by atoms with Gasteiger partial charge in [-0.25, -0.2) is 4.79 Å². The summed E-state index contributed by atoms with van der Waals surface area (Å²) in [5.41, 5.74) is 0.625. The molecule has 3 rings (SSSR count). The van der Waals surface area contributed by atoms with Gasteiger partial charge in [0, 0.05) is 19.4 Å². The number of nitrogens with zero attached hydrogens (tertiary/aromatic N) is 2. The van der Waals surface area contributed by atoms with Crippen LogP contribution in [0.15, 0.2) is 59.1 Å². The second-order valence-corrected chi connectivity index (χ2v) is 8.49. The van der Waals surface area contributed by atoms with Crippen LogP contribution in [0.1, 0.15) is 48.7 Å². The van der Waals surface area contributed by atoms with Crippen LogP contribution in [0.4, 0.5) is 18.0 Å². The lowest BCUT2D eigenvalue weighted by molar-refractivity contribution is -0.142. The number of carbonyl (C=O) groups is 2. The molecule has 0 radical (unpaired) electrons. The van der Waals surface area contributed by atoms with Gasteiger partial charge < -0.3 is 19.3 Å². The van der Waals surface area contributed by atoms with E-state index in [1.807, 2.05) is 37.3 Å². The Morgan fingerprint density at radius 3 is 2.39 bits per heavy atom. The molecule has 1 aromatic heterocycles. The average Bonchev–Trinajstić information content (AvgIpc) is 3.35. The molecular formula is C27H28F3N3O5. The van der Waals surface area contributed by atoms with E-state index in [4.69, 9.17) is 14.0 Å². The minimum absolute atomic E-state index is 0.0627. The van der Waals surface area contributed by atoms with Gasteiger partial charge in [-0.3, -0.25) is 4.79 Å². The average molecular weight is 532 g/mol. The Labute approximate surface area is 217 Å². The molecule has 8 nitrogen and oxygen atoms in total. The van der Waals surface area contributed by atoms with Gasteiger partial charge in [-0.15, -0.1) is 0 Å². The number of ether oxygens (including phenoxy) is 2. The van der Waals surface area contributed by atoms with E-state index >= 15 is 0 Å². The number of hydrogen-bond acceptors (Lipinski definition) is 7. The highest BCUT2D eigenvalue weighted by molar-refractivity contribution is 5.68. The normalized spacial score (nSPS) is 13.2. The molecule has 3 aromatic rings. The molecule has 1 amide bonds. The van der Waals surface area contributed by atoms with E-state index < -0.39 is 29.8 Å². The van der Waals surface area contributed by atoms with Crippen molar-refractivity contribution in [2.75, 3.05) is 6.61 Å². The van der Waals surface area contributed by atoms with Gasteiger partial charge in [0.25, 0.3) is 5.89 Å². The Kier molecular flexibility index (Phi) is 10.0. The van der Waals surface area contributed by atoms with Crippen molar-refractivity contribution in [1.82, 2.24) is 15.5 Å². The quantitative estimate of drug-likeness (QED) is 0.317. The van der Waals surface area contributed by atoms with E-state index in [1.165, 1.54) is 25.1 Å². The number of alkyl halides is 3. The second-order valence-electron chi connectivity index (χ2n) is 8.49. The third kappa shape index (κ3) is 9.06. The monoisotopic (exact) mass is 531 g/mol. The highest BCUT2D eigenvalue weighted by Crippen LogP contribution is 2.29. The zero-order chi connectivity index (χ0) is 27.5. The minimum atomic E-state index is -4.40. The number of hydrogen-bond donors (Lipinski definition) is 1. The molecule has 11 heteroatoms. The number of aromatic nitrogens is 2. The molecule has 0 aliphatic carbocycles. The maximum atomic E-state index is 12.7. The molecule has 0 spiro atoms. The molecule has 202 valence electrons. The van der Waals surface area contributed by atoms with E-state index in [2.05, 4.69) is 15.5 Å². The van der Waals surface area contributed by atoms with Crippen molar-refractivity contribution in [3.8, 4) is 0 Å². The van der Waals surface area contributed by atoms with Crippen molar-refractivity contribution < 1.29 is 36.8 Å². The SMILES string of the molecule is CCC(Cc1noc(C=Cc2ccc(C(F)(F)F)cc2)n1)C(COC(C)=O)NC(=O)OCc1ccccc1. The molecule has 38 heavy (non-hydrogen) atoms. The zero-order valence-electron chi connectivity index (χ0n) is 20.9. The number of benzene rings is 2. The molecule has 0 saturated heterocycles. The highest BCUT2D eigenvalue weighted by atomic mass is 19.4. The van der Waals surface area contributed by atoms with E-state index in [9.17, 15) is 22.8 Å². The summed E-state index contributed by atoms with van der Waals surface area (Å²) < 4.78 is 53.9. The smallest absolute Gasteiger partial charge is 0.416 e. The molecule has 2 atom stereocenters. The zero-order valence-corrected chi connectivity index (χ0v) is 20.9. The lowest BCUT2D eigenvalue weighted by atomic mass is 9.93. The maximum absolute atomic E-state index is 12.7. The van der Waals surface area contributed by atoms with E-state index in [1.54, 1.807) is 6.08 Å². The molecule has 0 saturated carbocycles. The Balaban J connectivity index is 1.62. The van der Waals surface area contributed by atoms with Crippen molar-refractivity contribution in [3.63, 3.8) is 0 Å². The fraction of sp³-hybridized carbons (Fsp3) is 0.333. The number of esters is 1. The van der Waals surface area contributed by atoms with Crippen molar-refractivity contribution in [2.24, 2.45) is 5.92 Å². The van der Waals surface area contributed by atoms with Gasteiger partial charge in [-0.05, 0) is 35.3 Å². The van der Waals surface area contributed by atoms with E-state index in [0.29, 0.717) is 24.2 Å². The molecular weight excluding hydrogens is 503 g/mol. The molecule has 1 N–H and O–H groups in total. The highest BCUT2D eigenvalue weighted by Gasteiger charge is 2.30. The topological polar surface area (TPSA) is 104 Å². The first kappa shape index (κ1) is 28.4. The maximum Gasteiger partial charge on any atom is 0.416 e. The van der Waals surface area contributed by atoms with Gasteiger partial charge in [0.2, 0.25) is 0 Å². The van der Waals surface area contributed by atoms with Crippen LogP contribution >= 0.6 is 0 Å². The van der Waals surface area contributed by atoms with Crippen molar-refractivity contribution >= 4 is 24.2 Å². The van der Waals surface area contributed by atoms with Gasteiger partial charge in [0.05, 0.1) is 11.6 Å². The van der Waals surface area contributed by atoms with Gasteiger partial charge in [-0.2, -0.15) is 18.2 Å². The van der Waals surface area contributed by atoms with Crippen molar-refractivity contribution in [2.45, 2.75) is 45.5 Å². The summed E-state index contributed by atoms with van der Waals surface area (Å²) in [7, 11) is 0. The molecule has 0 fully saturated rings. The van der Waals surface area contributed by atoms with Crippen LogP contribution in [0, 0.1) is 5.92 Å². The number of alkyl carbamates (subject to hydrolysis) is 1. The van der Waals surface area contributed by atoms with Crippen LogP contribution in [-0.2, 0) is 33.5 Å². The number of amides is 1. The first-order valence-corrected chi connectivity index (χ1v) is 11.9. The fourth-order valence-corrected chi connectivity index (χ4v) is 3.59. The number of rotatable bonds is 11. The van der Waals surface area contributed by atoms with Gasteiger partial charge >= 0.3 is 18.2 Å². The predicted molar refractivity (Wildman–Crippen MR) is 132 cm³/mol. The summed E-state index contributed by atoms with van der Waals surface area (Å²) in [6, 6.07) is 13.3. The Bertz CT molecular complexity index is 1210. The van der Waals surface area contributed by atoms with E-state index in [0.717, 1.165) is 17.7 Å². The van der Waals surface area contributed by atoms with Crippen LogP contribution in [0.25, 0.3) is 12.2 Å². The second kappa shape index (κ2) is 13.4. The molecule has 2 aromatic carbocycles. The van der Waals surface area contributed by atoms with E-state index in [-0.39, 0.29) is 25.0 Å². The minimum Gasteiger partial charge on any atom is -0.464 e. The van der Waals surface area contributed by atoms with Crippen molar-refractivity contribution in [1.29, 1.82) is 0 Å². The standard InChI is InChI=1S/C27H28F3N3O5/c1-3-21(23(17-36-18(2)34)31-26(35)37-16-20-7-5-4-6-8-20)15-24-32-25(38-33-24)14-11-19-9-12-22(13-10-19)27(28,29)30/h4-14,21,23H,3,15-17H2,1-2H3,(H,31,35). The molecule has 0 aliphatic heterocycles. The summed E-state index contributed by atoms with van der Waals surface area (Å²) in [5.74, 6) is -0.180. The molecule has 2 unspecified atom stereocenters. The number of nitrogens with one attached hydrogen (secondary N) is 1. The van der Waals surface area contributed by atoms with Crippen LogP contribution in [-0.4, -0.2) is 34.9 Å². The Morgan fingerprint density at radius 2 is 1.76 bits per heavy atom. The fourth-order valence-electron chi connectivity index (χ4n) is 3.59. The first-order valence-electron chi connectivity index (χ1n) is 11.9. The predicted octanol–water partition coefficient (Wildman–Crippen LogP) is 5.69. The molecule has 0 bridgehead atoms. The van der Waals surface area contributed by atoms with Crippen LogP contribution in [0.2, 0.25) is 0 Å². The summed E-state index contributed by atoms with van der Waals surface area (Å²) in [4.78, 5) is 28.2. The van der Waals surface area contributed by atoms with Gasteiger partial charge in [-0.1, -0.05) is 61.0 Å². The lowest BCUT2D eigenvalue weighted by Crippen LogP contribution is -2.44. The van der Waals surface area contributed by atoms with Crippen LogP contribution < -0.4 is 5.32 Å². The lowest BCUT2D eigenvalue weighted by Gasteiger charge is -2.25. The first-order chi connectivity index (χ1) is 18.1. The summed E-state index contributed by atoms with van der Waals surface area (Å²) >= 11 is 0. The van der Waals surface area contributed by atoms with Crippen molar-refractivity contribution in [3.05, 3.63) is 83.0 Å². The Morgan fingerprint density at radius 1 is 1.05 bits per heavy atom. The third-order valence-electron chi connectivity index (χ3n) is 5.66. The molecule has 0 aliphatic rings. The van der Waals surface area contributed by atoms with Crippen LogP contribution in [0.5, 0.6) is 0 Å². The van der Waals surface area contributed by atoms with Gasteiger partial charge in [0.15, 0.2) is 5.82 Å². The summed E-state index contributed by atoms with van der Waals surface area (Å²) in [5, 5.41) is 6.72.